The Bertz CT molecular complexity index is 6010. The van der Waals surface area contributed by atoms with Crippen molar-refractivity contribution in [2.75, 3.05) is 118 Å². The predicted octanol–water partition coefficient (Wildman–Crippen LogP) is 20.5. The first-order chi connectivity index (χ1) is 61.4. The molecular weight excluding hydrogens is 1860 g/mol. The average Bonchev–Trinajstić information content (AvgIpc) is 0.817. The van der Waals surface area contributed by atoms with Crippen LogP contribution >= 0.6 is 35.6 Å². The van der Waals surface area contributed by atoms with Gasteiger partial charge in [0.25, 0.3) is 5.91 Å². The number of rotatable bonds is 15. The molecule has 0 aliphatic carbocycles. The number of carbonyl (C=O) groups excluding carboxylic acids is 6. The topological polar surface area (TPSA) is 357 Å². The number of amides is 4. The van der Waals surface area contributed by atoms with E-state index >= 15 is 0 Å². The summed E-state index contributed by atoms with van der Waals surface area (Å²) in [5, 5.41) is 44.9. The van der Waals surface area contributed by atoms with E-state index in [0.29, 0.717) is 56.1 Å². The predicted molar refractivity (Wildman–Crippen MR) is 556 cm³/mol. The fraction of sp³-hybridized carbons (Fsp3) is 0.269. The van der Waals surface area contributed by atoms with E-state index in [2.05, 4.69) is 37.2 Å². The van der Waals surface area contributed by atoms with Crippen molar-refractivity contribution >= 4 is 206 Å². The number of carboxylic acid groups (broad SMARTS) is 2. The number of carboxylic acids is 2. The number of alkyl halides is 2. The molecule has 0 aliphatic heterocycles. The summed E-state index contributed by atoms with van der Waals surface area (Å²) >= 11 is 9.53. The number of nitrogens with two attached hydrogens (primary N) is 2. The summed E-state index contributed by atoms with van der Waals surface area (Å²) in [6.45, 7) is 21.5. The Hall–Kier alpha value is -12.3. The number of carbonyl (C=O) groups is 8. The average molecular weight is 1990 g/mol. The second-order valence-electron chi connectivity index (χ2n) is 33.8. The van der Waals surface area contributed by atoms with E-state index in [0.717, 1.165) is 70.9 Å². The Morgan fingerprint density at radius 3 is 0.852 bits per heavy atom. The summed E-state index contributed by atoms with van der Waals surface area (Å²) in [6.07, 6.45) is -1.52. The van der Waals surface area contributed by atoms with Gasteiger partial charge in [0.15, 0.2) is 11.6 Å². The Morgan fingerprint density at radius 2 is 0.600 bits per heavy atom. The third-order valence-corrected chi connectivity index (χ3v) is 17.7. The quantitative estimate of drug-likeness (QED) is 0.00875. The van der Waals surface area contributed by atoms with Crippen LogP contribution in [0, 0.1) is 6.07 Å². The Morgan fingerprint density at radius 1 is 0.378 bits per heavy atom. The van der Waals surface area contributed by atoms with Crippen molar-refractivity contribution in [2.45, 2.75) is 113 Å². The summed E-state index contributed by atoms with van der Waals surface area (Å²) in [7, 11) is 18.2. The number of ketones is 2. The molecule has 0 atom stereocenters. The molecule has 0 fully saturated rings. The Kier molecular flexibility index (Phi) is 51.3. The van der Waals surface area contributed by atoms with Crippen molar-refractivity contribution in [3.05, 3.63) is 300 Å². The molecule has 13 aromatic rings. The van der Waals surface area contributed by atoms with E-state index in [-0.39, 0.29) is 89.7 Å². The number of benzene rings is 13. The van der Waals surface area contributed by atoms with E-state index < -0.39 is 52.6 Å². The molecule has 31 heteroatoms. The fourth-order valence-electron chi connectivity index (χ4n) is 11.5. The maximum Gasteiger partial charge on any atom is 2.00 e. The zero-order chi connectivity index (χ0) is 97.8. The Balaban J connectivity index is 0.00000159. The van der Waals surface area contributed by atoms with Gasteiger partial charge in [-0.1, -0.05) is 85.9 Å². The third-order valence-electron chi connectivity index (χ3n) is 17.7. The van der Waals surface area contributed by atoms with Gasteiger partial charge in [-0.15, -0.1) is 47.7 Å². The maximum atomic E-state index is 12.8. The standard InChI is InChI=1S/C24H26N2O3.C19H18N2O.C18H22N2O4.C16H17NO4.C11H9NO2.C8H10N.C4H10O.C2H7NO.CH2Cl2.CH4.BrH.ClH.Mg.H2/c1-24(2,3)29-23(28)25-20-11-8-17-14-19(7-6-18(17)15-20)22(27)16-9-12-21(13-10-16)26(4)5;1-21(2)18-9-6-13(7-10-18)19(22)16-4-3-15-12-17(20)8-5-14(15)11-16;1-18(2,3)24-17(22)19-15-9-8-12-10-14(7-6-13(12)11-15)16(21)20(4)23-5;1-16(2,3)21-15(20)17-13-7-6-10-8-12(14(18)19)5-4-11(10)9-13;12-10-4-3-7-5-9(11(13)14)2-1-8(7)6-10;1-9(2)8-6-4-3-5-7-8;1-4(2,3)5;1-3-4-2;2-1-3;;;;;/h6-15H,1-5H3,(H,25,28);3-12H,20H2,1-2H3;6-11H,1-5H3,(H,19,22);4-9H,1-3H3,(H,17,20)(H,18,19);1-6H,12H2,(H,13,14);4-7H,1-2H3;5H,1-3H3;3H,1-2H3;1H2;1H4;2*1H;;1H/q;;;;;-1;;;;;;;+2;/p-1/i;;;;;;;;;;;;;1+1. The molecule has 0 aliphatic rings. The first kappa shape index (κ1) is 121. The number of aliphatic hydroxyl groups is 1. The first-order valence-electron chi connectivity index (χ1n) is 41.2. The van der Waals surface area contributed by atoms with Crippen LogP contribution in [0.1, 0.15) is 155 Å². The van der Waals surface area contributed by atoms with Crippen molar-refractivity contribution < 1.29 is 96.0 Å². The minimum atomic E-state index is -0.965. The van der Waals surface area contributed by atoms with Gasteiger partial charge in [-0.3, -0.25) is 35.2 Å². The molecule has 0 aromatic heterocycles. The van der Waals surface area contributed by atoms with Gasteiger partial charge in [-0.05, 0) is 295 Å². The van der Waals surface area contributed by atoms with E-state index in [1.165, 1.54) is 23.9 Å². The summed E-state index contributed by atoms with van der Waals surface area (Å²) in [4.78, 5) is 110. The van der Waals surface area contributed by atoms with Crippen LogP contribution in [0.25, 0.3) is 53.9 Å². The summed E-state index contributed by atoms with van der Waals surface area (Å²) in [5.41, 5.74) is 22.0. The molecule has 0 radical (unpaired) electrons. The van der Waals surface area contributed by atoms with Crippen molar-refractivity contribution in [1.82, 2.24) is 10.5 Å². The zero-order valence-corrected chi connectivity index (χ0v) is 85.1. The molecule has 0 saturated heterocycles. The third kappa shape index (κ3) is 43.7. The number of aromatic carboxylic acids is 2. The summed E-state index contributed by atoms with van der Waals surface area (Å²) < 4.78 is 15.7. The molecule has 720 valence electrons. The number of nitrogen functional groups attached to an aromatic ring is 2. The molecule has 0 heterocycles. The van der Waals surface area contributed by atoms with Gasteiger partial charge in [0, 0.05) is 125 Å². The minimum Gasteiger partial charge on any atom is -1.00 e. The van der Waals surface area contributed by atoms with Crippen LogP contribution in [0.3, 0.4) is 0 Å². The van der Waals surface area contributed by atoms with Crippen molar-refractivity contribution in [3.63, 3.8) is 0 Å². The molecule has 4 amide bonds. The van der Waals surface area contributed by atoms with Gasteiger partial charge in [-0.2, -0.15) is 18.2 Å². The number of hydroxylamine groups is 3. The molecule has 13 aromatic carbocycles. The number of halogens is 4. The number of ether oxygens (including phenoxy) is 3. The van der Waals surface area contributed by atoms with Gasteiger partial charge in [-0.25, -0.2) is 34.5 Å². The van der Waals surface area contributed by atoms with E-state index in [1.54, 1.807) is 142 Å². The number of hydrogen-bond donors (Lipinski definition) is 9. The summed E-state index contributed by atoms with van der Waals surface area (Å²) in [6, 6.07) is 79.7. The molecular formula is C104H128BrCl3MgN10O16. The summed E-state index contributed by atoms with van der Waals surface area (Å²) in [5.74, 6) is -2.09. The van der Waals surface area contributed by atoms with Gasteiger partial charge < -0.3 is 77.5 Å². The zero-order valence-electron chi connectivity index (χ0n) is 79.8. The largest absolute Gasteiger partial charge is 2.00 e. The molecule has 26 nitrogen and oxygen atoms in total. The molecule has 0 spiro atoms. The number of nitrogens with zero attached hydrogens (tertiary/aromatic N) is 4. The van der Waals surface area contributed by atoms with Gasteiger partial charge in [0.05, 0.1) is 36.3 Å². The van der Waals surface area contributed by atoms with Crippen LogP contribution in [0.15, 0.2) is 255 Å². The number of nitrogens with one attached hydrogen (secondary N) is 4. The minimum absolute atomic E-state index is 0. The van der Waals surface area contributed by atoms with E-state index in [1.807, 2.05) is 263 Å². The monoisotopic (exact) mass is 1980 g/mol. The second kappa shape index (κ2) is 57.4. The van der Waals surface area contributed by atoms with Crippen molar-refractivity contribution in [3.8, 4) is 0 Å². The molecule has 135 heavy (non-hydrogen) atoms. The SMILES string of the molecule is C.CC(C)(C)O.CC(C)(C)OC(=O)Nc1ccc2cc(C(=O)O)ccc2c1.CN(C)c1cc[c-]cc1.CN(C)c1ccc(C(=O)c2ccc3cc(N)ccc3c2)cc1.CN(C)c1ccc(C(=O)c2ccc3cc(NC(=O)OC(C)(C)C)ccc3c2)cc1.CNOC.CON(C)C(=O)c1ccc2cc(NC(=O)OC(C)(C)C)ccc2c1.Cl.ClCCl.Nc1ccc2cc(C(=O)O)ccc2c1.[2HH].[Br-].[Mg+2]. The number of anilines is 8. The molecule has 11 N–H and O–H groups in total. The molecule has 0 saturated carbocycles. The fourth-order valence-corrected chi connectivity index (χ4v) is 11.5. The molecule has 0 unspecified atom stereocenters. The van der Waals surface area contributed by atoms with Crippen LogP contribution in [0.4, 0.5) is 59.9 Å². The number of hydrogen-bond acceptors (Lipinski definition) is 20. The normalized spacial score (nSPS) is 10.3. The Labute approximate surface area is 837 Å². The molecule has 0 bridgehead atoms. The van der Waals surface area contributed by atoms with Crippen LogP contribution in [0.5, 0.6) is 0 Å². The van der Waals surface area contributed by atoms with E-state index in [4.69, 9.17) is 69.0 Å². The van der Waals surface area contributed by atoms with Crippen LogP contribution < -0.4 is 64.6 Å². The second-order valence-corrected chi connectivity index (χ2v) is 34.6. The van der Waals surface area contributed by atoms with Gasteiger partial charge in [0.2, 0.25) is 0 Å². The number of fused-ring (bicyclic) bond motifs is 5. The molecule has 13 rings (SSSR count). The first-order valence-corrected chi connectivity index (χ1v) is 42.3. The smallest absolute Gasteiger partial charge is 1.00 e. The van der Waals surface area contributed by atoms with Crippen molar-refractivity contribution in [2.24, 2.45) is 0 Å². The van der Waals surface area contributed by atoms with Crippen LogP contribution in [-0.4, -0.2) is 189 Å². The van der Waals surface area contributed by atoms with E-state index in [9.17, 15) is 38.4 Å². The van der Waals surface area contributed by atoms with Crippen LogP contribution in [-0.2, 0) is 23.9 Å². The van der Waals surface area contributed by atoms with Gasteiger partial charge >= 0.3 is 53.3 Å². The maximum absolute atomic E-state index is 12.8. The van der Waals surface area contributed by atoms with Crippen LogP contribution in [0.2, 0.25) is 0 Å². The van der Waals surface area contributed by atoms with Gasteiger partial charge in [0.1, 0.15) is 16.8 Å². The van der Waals surface area contributed by atoms with Crippen molar-refractivity contribution in [1.29, 1.82) is 0 Å².